The number of hydrogen-bond donors (Lipinski definition) is 1. The predicted molar refractivity (Wildman–Crippen MR) is 66.5 cm³/mol. The van der Waals surface area contributed by atoms with Gasteiger partial charge in [0.25, 0.3) is 0 Å². The van der Waals surface area contributed by atoms with Gasteiger partial charge in [-0.15, -0.1) is 0 Å². The molecule has 0 bridgehead atoms. The third-order valence-corrected chi connectivity index (χ3v) is 2.12. The molecular formula is C13H20N2O. The molecule has 1 aromatic heterocycles. The Kier molecular flexibility index (Phi) is 6.26. The zero-order chi connectivity index (χ0) is 11.6. The van der Waals surface area contributed by atoms with Crippen LogP contribution < -0.4 is 10.1 Å². The van der Waals surface area contributed by atoms with E-state index in [1.54, 1.807) is 6.20 Å². The van der Waals surface area contributed by atoms with Gasteiger partial charge in [-0.3, -0.25) is 0 Å². The van der Waals surface area contributed by atoms with Crippen LogP contribution in [0.4, 0.5) is 0 Å². The van der Waals surface area contributed by atoms with E-state index in [4.69, 9.17) is 4.74 Å². The van der Waals surface area contributed by atoms with Gasteiger partial charge in [0.15, 0.2) is 0 Å². The van der Waals surface area contributed by atoms with Crippen LogP contribution >= 0.6 is 0 Å². The smallest absolute Gasteiger partial charge is 0.213 e. The summed E-state index contributed by atoms with van der Waals surface area (Å²) in [5, 5.41) is 3.35. The first kappa shape index (κ1) is 12.7. The maximum Gasteiger partial charge on any atom is 0.213 e. The number of ether oxygens (including phenoxy) is 1. The molecule has 3 heteroatoms. The topological polar surface area (TPSA) is 34.1 Å². The Hall–Kier alpha value is -1.35. The summed E-state index contributed by atoms with van der Waals surface area (Å²) in [6, 6.07) is 3.98. The molecule has 1 aromatic rings. The van der Waals surface area contributed by atoms with Crippen LogP contribution in [0.15, 0.2) is 30.5 Å². The van der Waals surface area contributed by atoms with E-state index in [1.807, 2.05) is 31.2 Å². The summed E-state index contributed by atoms with van der Waals surface area (Å²) >= 11 is 0. The van der Waals surface area contributed by atoms with E-state index < -0.39 is 0 Å². The summed E-state index contributed by atoms with van der Waals surface area (Å²) in [6.07, 6.45) is 6.86. The van der Waals surface area contributed by atoms with Crippen molar-refractivity contribution in [2.75, 3.05) is 13.2 Å². The Morgan fingerprint density at radius 3 is 3.12 bits per heavy atom. The number of nitrogens with zero attached hydrogens (tertiary/aromatic N) is 1. The summed E-state index contributed by atoms with van der Waals surface area (Å²) < 4.78 is 5.47. The standard InChI is InChI=1S/C13H20N2O/c1-3-5-9-16-13-10-12(6-8-15-13)11-14-7-4-2/h3,5-6,8,10,14H,4,7,9,11H2,1-2H3. The first-order chi connectivity index (χ1) is 7.86. The van der Waals surface area contributed by atoms with Gasteiger partial charge in [0.2, 0.25) is 5.88 Å². The summed E-state index contributed by atoms with van der Waals surface area (Å²) in [5.41, 5.74) is 1.21. The molecule has 1 heterocycles. The molecule has 1 rings (SSSR count). The SMILES string of the molecule is CC=CCOc1cc(CNCCC)ccn1. The summed E-state index contributed by atoms with van der Waals surface area (Å²) in [5.74, 6) is 0.689. The van der Waals surface area contributed by atoms with E-state index in [-0.39, 0.29) is 0 Å². The van der Waals surface area contributed by atoms with Crippen molar-refractivity contribution in [3.63, 3.8) is 0 Å². The molecule has 88 valence electrons. The van der Waals surface area contributed by atoms with Crippen molar-refractivity contribution in [3.05, 3.63) is 36.0 Å². The van der Waals surface area contributed by atoms with Crippen molar-refractivity contribution in [2.45, 2.75) is 26.8 Å². The highest BCUT2D eigenvalue weighted by molar-refractivity contribution is 5.20. The van der Waals surface area contributed by atoms with E-state index in [9.17, 15) is 0 Å². The molecule has 0 saturated heterocycles. The van der Waals surface area contributed by atoms with Crippen molar-refractivity contribution in [2.24, 2.45) is 0 Å². The van der Waals surface area contributed by atoms with Gasteiger partial charge in [0, 0.05) is 18.8 Å². The lowest BCUT2D eigenvalue weighted by Crippen LogP contribution is -2.13. The van der Waals surface area contributed by atoms with E-state index in [1.165, 1.54) is 5.56 Å². The minimum absolute atomic E-state index is 0.579. The lowest BCUT2D eigenvalue weighted by Gasteiger charge is -2.06. The Morgan fingerprint density at radius 2 is 2.38 bits per heavy atom. The van der Waals surface area contributed by atoms with Crippen LogP contribution in [0.1, 0.15) is 25.8 Å². The van der Waals surface area contributed by atoms with Crippen LogP contribution in [0.5, 0.6) is 5.88 Å². The lowest BCUT2D eigenvalue weighted by molar-refractivity contribution is 0.347. The summed E-state index contributed by atoms with van der Waals surface area (Å²) in [7, 11) is 0. The highest BCUT2D eigenvalue weighted by Crippen LogP contribution is 2.09. The molecule has 0 unspecified atom stereocenters. The average Bonchev–Trinajstić information content (AvgIpc) is 2.30. The van der Waals surface area contributed by atoms with Crippen molar-refractivity contribution in [1.82, 2.24) is 10.3 Å². The van der Waals surface area contributed by atoms with Crippen LogP contribution in [0.3, 0.4) is 0 Å². The fourth-order valence-corrected chi connectivity index (χ4v) is 1.28. The van der Waals surface area contributed by atoms with Gasteiger partial charge in [-0.05, 0) is 31.5 Å². The zero-order valence-corrected chi connectivity index (χ0v) is 10.1. The molecule has 16 heavy (non-hydrogen) atoms. The second-order valence-corrected chi connectivity index (χ2v) is 3.56. The van der Waals surface area contributed by atoms with Gasteiger partial charge in [-0.25, -0.2) is 4.98 Å². The van der Waals surface area contributed by atoms with Crippen LogP contribution in [0.25, 0.3) is 0 Å². The van der Waals surface area contributed by atoms with Gasteiger partial charge in [-0.1, -0.05) is 19.1 Å². The van der Waals surface area contributed by atoms with Gasteiger partial charge in [-0.2, -0.15) is 0 Å². The third kappa shape index (κ3) is 4.94. The zero-order valence-electron chi connectivity index (χ0n) is 10.1. The Balaban J connectivity index is 2.43. The van der Waals surface area contributed by atoms with Crippen LogP contribution in [-0.2, 0) is 6.54 Å². The normalized spacial score (nSPS) is 10.9. The average molecular weight is 220 g/mol. The van der Waals surface area contributed by atoms with E-state index in [2.05, 4.69) is 17.2 Å². The highest BCUT2D eigenvalue weighted by atomic mass is 16.5. The summed E-state index contributed by atoms with van der Waals surface area (Å²) in [6.45, 7) is 6.62. The maximum absolute atomic E-state index is 5.47. The molecule has 0 fully saturated rings. The van der Waals surface area contributed by atoms with Crippen LogP contribution in [0.2, 0.25) is 0 Å². The molecule has 1 N–H and O–H groups in total. The quantitative estimate of drug-likeness (QED) is 0.566. The molecule has 0 aliphatic rings. The van der Waals surface area contributed by atoms with Gasteiger partial charge >= 0.3 is 0 Å². The van der Waals surface area contributed by atoms with E-state index in [0.717, 1.165) is 19.5 Å². The molecule has 0 saturated carbocycles. The van der Waals surface area contributed by atoms with Crippen molar-refractivity contribution >= 4 is 0 Å². The monoisotopic (exact) mass is 220 g/mol. The number of aromatic nitrogens is 1. The first-order valence-electron chi connectivity index (χ1n) is 5.76. The van der Waals surface area contributed by atoms with Crippen LogP contribution in [-0.4, -0.2) is 18.1 Å². The van der Waals surface area contributed by atoms with Gasteiger partial charge < -0.3 is 10.1 Å². The Bertz CT molecular complexity index is 323. The molecule has 0 atom stereocenters. The fourth-order valence-electron chi connectivity index (χ4n) is 1.28. The molecule has 0 radical (unpaired) electrons. The second-order valence-electron chi connectivity index (χ2n) is 3.56. The number of hydrogen-bond acceptors (Lipinski definition) is 3. The van der Waals surface area contributed by atoms with Crippen molar-refractivity contribution in [1.29, 1.82) is 0 Å². The van der Waals surface area contributed by atoms with Crippen LogP contribution in [0, 0.1) is 0 Å². The van der Waals surface area contributed by atoms with E-state index >= 15 is 0 Å². The fraction of sp³-hybridized carbons (Fsp3) is 0.462. The van der Waals surface area contributed by atoms with Gasteiger partial charge in [0.1, 0.15) is 6.61 Å². The molecular weight excluding hydrogens is 200 g/mol. The highest BCUT2D eigenvalue weighted by Gasteiger charge is 1.97. The molecule has 0 amide bonds. The molecule has 0 aliphatic carbocycles. The minimum Gasteiger partial charge on any atom is -0.473 e. The van der Waals surface area contributed by atoms with Crippen molar-refractivity contribution in [3.8, 4) is 5.88 Å². The lowest BCUT2D eigenvalue weighted by atomic mass is 10.2. The third-order valence-electron chi connectivity index (χ3n) is 2.12. The van der Waals surface area contributed by atoms with Gasteiger partial charge in [0.05, 0.1) is 0 Å². The number of pyridine rings is 1. The number of rotatable bonds is 7. The molecule has 3 nitrogen and oxygen atoms in total. The molecule has 0 aliphatic heterocycles. The molecule has 0 aromatic carbocycles. The Labute approximate surface area is 97.5 Å². The summed E-state index contributed by atoms with van der Waals surface area (Å²) in [4.78, 5) is 4.16. The van der Waals surface area contributed by atoms with E-state index in [0.29, 0.717) is 12.5 Å². The minimum atomic E-state index is 0.579. The van der Waals surface area contributed by atoms with Crippen molar-refractivity contribution < 1.29 is 4.74 Å². The first-order valence-corrected chi connectivity index (χ1v) is 5.76. The number of allylic oxidation sites excluding steroid dienone is 1. The second kappa shape index (κ2) is 7.88. The maximum atomic E-state index is 5.47. The number of nitrogens with one attached hydrogen (secondary N) is 1. The largest absolute Gasteiger partial charge is 0.473 e. The Morgan fingerprint density at radius 1 is 1.50 bits per heavy atom. The molecule has 0 spiro atoms. The predicted octanol–water partition coefficient (Wildman–Crippen LogP) is 2.54.